The molecule has 0 saturated heterocycles. The van der Waals surface area contributed by atoms with Gasteiger partial charge in [-0.05, 0) is 12.1 Å². The van der Waals surface area contributed by atoms with Crippen molar-refractivity contribution in [3.05, 3.63) is 36.4 Å². The number of pyridine rings is 1. The maximum absolute atomic E-state index is 9.07. The van der Waals surface area contributed by atoms with Crippen LogP contribution in [0.5, 0.6) is 5.88 Å². The second kappa shape index (κ2) is 2.23. The van der Waals surface area contributed by atoms with Crippen LogP contribution in [0.2, 0.25) is 0 Å². The molecule has 1 aromatic carbocycles. The average Bonchev–Trinajstić information content (AvgIpc) is 2.04. The molecule has 2 N–H and O–H groups in total. The van der Waals surface area contributed by atoms with Crippen molar-refractivity contribution in [2.75, 3.05) is 0 Å². The molecule has 0 amide bonds. The van der Waals surface area contributed by atoms with Crippen molar-refractivity contribution < 1.29 is 10.1 Å². The molecule has 1 aromatic heterocycles. The van der Waals surface area contributed by atoms with E-state index in [1.807, 2.05) is 30.3 Å². The summed E-state index contributed by atoms with van der Waals surface area (Å²) >= 11 is 0. The van der Waals surface area contributed by atoms with Gasteiger partial charge in [0.15, 0.2) is 0 Å². The lowest BCUT2D eigenvalue weighted by Gasteiger charge is -1.88. The van der Waals surface area contributed by atoms with Gasteiger partial charge in [-0.1, -0.05) is 12.1 Å². The first kappa shape index (κ1) is 6.16. The van der Waals surface area contributed by atoms with E-state index in [0.29, 0.717) is 0 Å². The number of benzene rings is 1. The summed E-state index contributed by atoms with van der Waals surface area (Å²) in [6, 6.07) is 11.3. The topological polar surface area (TPSA) is 34.4 Å². The number of aromatic hydroxyl groups is 1. The molecular formula is C9H8NO+. The van der Waals surface area contributed by atoms with E-state index < -0.39 is 0 Å². The van der Waals surface area contributed by atoms with Crippen LogP contribution in [0.3, 0.4) is 0 Å². The van der Waals surface area contributed by atoms with Crippen LogP contribution < -0.4 is 4.98 Å². The number of rotatable bonds is 0. The summed E-state index contributed by atoms with van der Waals surface area (Å²) in [5.41, 5.74) is 0.951. The Hall–Kier alpha value is -1.57. The molecule has 1 heterocycles. The summed E-state index contributed by atoms with van der Waals surface area (Å²) in [6.07, 6.45) is 0. The van der Waals surface area contributed by atoms with Gasteiger partial charge in [0.2, 0.25) is 5.52 Å². The maximum atomic E-state index is 9.07. The molecule has 2 nitrogen and oxygen atoms in total. The minimum atomic E-state index is 0.198. The van der Waals surface area contributed by atoms with Crippen LogP contribution in [-0.4, -0.2) is 5.11 Å². The minimum Gasteiger partial charge on any atom is -0.460 e. The summed E-state index contributed by atoms with van der Waals surface area (Å²) in [6.45, 7) is 0. The molecule has 0 spiro atoms. The van der Waals surface area contributed by atoms with E-state index in [4.69, 9.17) is 5.11 Å². The molecule has 2 aromatic rings. The summed E-state index contributed by atoms with van der Waals surface area (Å²) in [5.74, 6) is 0.198. The quantitative estimate of drug-likeness (QED) is 0.598. The van der Waals surface area contributed by atoms with Crippen LogP contribution in [0.15, 0.2) is 36.4 Å². The molecule has 0 unspecified atom stereocenters. The van der Waals surface area contributed by atoms with Gasteiger partial charge in [0.25, 0.3) is 0 Å². The van der Waals surface area contributed by atoms with Gasteiger partial charge in [0.1, 0.15) is 0 Å². The lowest BCUT2D eigenvalue weighted by Crippen LogP contribution is -2.02. The van der Waals surface area contributed by atoms with Crippen LogP contribution in [0.25, 0.3) is 10.9 Å². The second-order valence-electron chi connectivity index (χ2n) is 2.43. The molecule has 0 atom stereocenters. The normalized spacial score (nSPS) is 10.2. The summed E-state index contributed by atoms with van der Waals surface area (Å²) in [7, 11) is 0. The predicted octanol–water partition coefficient (Wildman–Crippen LogP) is 1.36. The number of H-pyrrole nitrogens is 1. The Morgan fingerprint density at radius 1 is 1.00 bits per heavy atom. The van der Waals surface area contributed by atoms with Gasteiger partial charge in [-0.25, -0.2) is 0 Å². The van der Waals surface area contributed by atoms with Gasteiger partial charge in [0.05, 0.1) is 6.07 Å². The van der Waals surface area contributed by atoms with Crippen molar-refractivity contribution in [3.8, 4) is 5.88 Å². The van der Waals surface area contributed by atoms with Gasteiger partial charge >= 0.3 is 5.88 Å². The molecule has 0 aliphatic rings. The van der Waals surface area contributed by atoms with Gasteiger partial charge in [-0.15, -0.1) is 0 Å². The van der Waals surface area contributed by atoms with E-state index in [1.54, 1.807) is 6.07 Å². The molecule has 0 radical (unpaired) electrons. The standard InChI is InChI=1S/C9H7NO/c11-9-6-5-7-3-1-2-4-8(7)10-9/h1-6H,(H,10,11)/p+1. The van der Waals surface area contributed by atoms with Gasteiger partial charge in [-0.2, -0.15) is 4.98 Å². The Balaban J connectivity index is 2.83. The monoisotopic (exact) mass is 146 g/mol. The van der Waals surface area contributed by atoms with Crippen LogP contribution in [0.4, 0.5) is 0 Å². The second-order valence-corrected chi connectivity index (χ2v) is 2.43. The van der Waals surface area contributed by atoms with Gasteiger partial charge in [-0.3, -0.25) is 0 Å². The Labute approximate surface area is 64.1 Å². The van der Waals surface area contributed by atoms with Crippen molar-refractivity contribution in [1.82, 2.24) is 0 Å². The molecule has 11 heavy (non-hydrogen) atoms. The number of aromatic amines is 1. The first-order chi connectivity index (χ1) is 5.36. The molecule has 2 rings (SSSR count). The highest BCUT2D eigenvalue weighted by Gasteiger charge is 2.00. The van der Waals surface area contributed by atoms with E-state index in [0.717, 1.165) is 10.9 Å². The fraction of sp³-hybridized carbons (Fsp3) is 0. The van der Waals surface area contributed by atoms with E-state index in [2.05, 4.69) is 4.98 Å². The van der Waals surface area contributed by atoms with Crippen molar-refractivity contribution in [3.63, 3.8) is 0 Å². The Bertz CT molecular complexity index is 384. The number of aromatic nitrogens is 1. The predicted molar refractivity (Wildman–Crippen MR) is 42.2 cm³/mol. The molecule has 0 aliphatic carbocycles. The number of nitrogens with one attached hydrogen (secondary N) is 1. The highest BCUT2D eigenvalue weighted by atomic mass is 16.3. The largest absolute Gasteiger partial charge is 0.460 e. The highest BCUT2D eigenvalue weighted by Crippen LogP contribution is 2.09. The number of fused-ring (bicyclic) bond motifs is 1. The third-order valence-electron chi connectivity index (χ3n) is 1.64. The molecule has 0 bridgehead atoms. The smallest absolute Gasteiger partial charge is 0.364 e. The molecule has 0 aliphatic heterocycles. The third-order valence-corrected chi connectivity index (χ3v) is 1.64. The fourth-order valence-electron chi connectivity index (χ4n) is 1.10. The first-order valence-electron chi connectivity index (χ1n) is 3.46. The molecule has 54 valence electrons. The number of para-hydroxylation sites is 1. The molecule has 2 heteroatoms. The maximum Gasteiger partial charge on any atom is 0.364 e. The molecular weight excluding hydrogens is 138 g/mol. The first-order valence-corrected chi connectivity index (χ1v) is 3.46. The molecule has 0 saturated carbocycles. The number of hydrogen-bond donors (Lipinski definition) is 1. The lowest BCUT2D eigenvalue weighted by molar-refractivity contribution is -0.362. The van der Waals surface area contributed by atoms with E-state index in [9.17, 15) is 0 Å². The van der Waals surface area contributed by atoms with Crippen LogP contribution >= 0.6 is 0 Å². The van der Waals surface area contributed by atoms with Gasteiger partial charge in [0, 0.05) is 11.5 Å². The zero-order valence-corrected chi connectivity index (χ0v) is 5.91. The highest BCUT2D eigenvalue weighted by molar-refractivity contribution is 5.75. The van der Waals surface area contributed by atoms with Crippen LogP contribution in [0.1, 0.15) is 0 Å². The van der Waals surface area contributed by atoms with Crippen molar-refractivity contribution in [1.29, 1.82) is 0 Å². The van der Waals surface area contributed by atoms with Crippen molar-refractivity contribution in [2.24, 2.45) is 0 Å². The Morgan fingerprint density at radius 2 is 1.82 bits per heavy atom. The summed E-state index contributed by atoms with van der Waals surface area (Å²) in [5, 5.41) is 10.2. The average molecular weight is 146 g/mol. The zero-order valence-electron chi connectivity index (χ0n) is 5.91. The van der Waals surface area contributed by atoms with Gasteiger partial charge < -0.3 is 5.11 Å². The van der Waals surface area contributed by atoms with E-state index in [-0.39, 0.29) is 5.88 Å². The summed E-state index contributed by atoms with van der Waals surface area (Å²) < 4.78 is 0. The molecule has 0 fully saturated rings. The third kappa shape index (κ3) is 1.03. The van der Waals surface area contributed by atoms with Crippen LogP contribution in [-0.2, 0) is 0 Å². The number of hydrogen-bond acceptors (Lipinski definition) is 1. The van der Waals surface area contributed by atoms with Crippen LogP contribution in [0, 0.1) is 0 Å². The fourth-order valence-corrected chi connectivity index (χ4v) is 1.10. The van der Waals surface area contributed by atoms with Crippen molar-refractivity contribution >= 4 is 10.9 Å². The minimum absolute atomic E-state index is 0.198. The van der Waals surface area contributed by atoms with Crippen molar-refractivity contribution in [2.45, 2.75) is 0 Å². The SMILES string of the molecule is Oc1ccc2ccccc2[nH+]1. The lowest BCUT2D eigenvalue weighted by atomic mass is 10.2. The summed E-state index contributed by atoms with van der Waals surface area (Å²) in [4.78, 5) is 2.85. The van der Waals surface area contributed by atoms with E-state index in [1.165, 1.54) is 0 Å². The Morgan fingerprint density at radius 3 is 2.73 bits per heavy atom. The zero-order chi connectivity index (χ0) is 7.68. The Kier molecular flexibility index (Phi) is 1.25. The van der Waals surface area contributed by atoms with E-state index >= 15 is 0 Å².